The Morgan fingerprint density at radius 2 is 1.92 bits per heavy atom. The van der Waals surface area contributed by atoms with Gasteiger partial charge in [-0.15, -0.1) is 0 Å². The van der Waals surface area contributed by atoms with Gasteiger partial charge in [0.15, 0.2) is 0 Å². The Labute approximate surface area is 80.7 Å². The maximum absolute atomic E-state index is 3.71. The normalized spacial score (nSPS) is 37.4. The second-order valence-electron chi connectivity index (χ2n) is 4.98. The fourth-order valence-corrected chi connectivity index (χ4v) is 2.56. The number of nitrogens with zero attached hydrogens (tertiary/aromatic N) is 1. The Morgan fingerprint density at radius 1 is 1.08 bits per heavy atom. The summed E-state index contributed by atoms with van der Waals surface area (Å²) in [5.41, 5.74) is 0. The minimum absolute atomic E-state index is 0.836. The SMILES string of the molecule is C1CNC(C2CC2)CN(C2CC2)C1. The van der Waals surface area contributed by atoms with Crippen molar-refractivity contribution in [1.29, 1.82) is 0 Å². The highest BCUT2D eigenvalue weighted by molar-refractivity contribution is 4.94. The summed E-state index contributed by atoms with van der Waals surface area (Å²) in [4.78, 5) is 2.74. The van der Waals surface area contributed by atoms with Crippen LogP contribution in [0.15, 0.2) is 0 Å². The van der Waals surface area contributed by atoms with Crippen molar-refractivity contribution in [1.82, 2.24) is 10.2 Å². The van der Waals surface area contributed by atoms with Crippen molar-refractivity contribution in [3.8, 4) is 0 Å². The van der Waals surface area contributed by atoms with Gasteiger partial charge in [0, 0.05) is 18.6 Å². The minimum atomic E-state index is 0.836. The highest BCUT2D eigenvalue weighted by Crippen LogP contribution is 2.35. The van der Waals surface area contributed by atoms with E-state index in [1.165, 1.54) is 51.7 Å². The van der Waals surface area contributed by atoms with E-state index in [0.717, 1.165) is 18.0 Å². The standard InChI is InChI=1S/C11H20N2/c1-6-12-11(9-2-3-9)8-13(7-1)10-4-5-10/h9-12H,1-8H2. The van der Waals surface area contributed by atoms with Gasteiger partial charge in [0.2, 0.25) is 0 Å². The van der Waals surface area contributed by atoms with Crippen molar-refractivity contribution in [2.24, 2.45) is 5.92 Å². The van der Waals surface area contributed by atoms with Crippen molar-refractivity contribution in [3.63, 3.8) is 0 Å². The van der Waals surface area contributed by atoms with Gasteiger partial charge >= 0.3 is 0 Å². The molecule has 1 unspecified atom stereocenters. The van der Waals surface area contributed by atoms with Crippen molar-refractivity contribution < 1.29 is 0 Å². The molecule has 0 amide bonds. The molecule has 1 atom stereocenters. The topological polar surface area (TPSA) is 15.3 Å². The van der Waals surface area contributed by atoms with Crippen molar-refractivity contribution in [3.05, 3.63) is 0 Å². The second-order valence-corrected chi connectivity index (χ2v) is 4.98. The predicted octanol–water partition coefficient (Wildman–Crippen LogP) is 1.22. The number of nitrogens with one attached hydrogen (secondary N) is 1. The van der Waals surface area contributed by atoms with Crippen LogP contribution >= 0.6 is 0 Å². The largest absolute Gasteiger partial charge is 0.312 e. The zero-order valence-corrected chi connectivity index (χ0v) is 8.34. The molecule has 0 bridgehead atoms. The quantitative estimate of drug-likeness (QED) is 0.687. The van der Waals surface area contributed by atoms with E-state index in [1.807, 2.05) is 0 Å². The average Bonchev–Trinajstić information content (AvgIpc) is 3.02. The zero-order chi connectivity index (χ0) is 8.67. The van der Waals surface area contributed by atoms with E-state index in [0.29, 0.717) is 0 Å². The molecule has 0 aromatic carbocycles. The molecule has 1 aliphatic heterocycles. The lowest BCUT2D eigenvalue weighted by atomic mass is 10.2. The highest BCUT2D eigenvalue weighted by Gasteiger charge is 2.37. The number of rotatable bonds is 2. The van der Waals surface area contributed by atoms with Crippen LogP contribution in [0, 0.1) is 5.92 Å². The molecule has 3 rings (SSSR count). The monoisotopic (exact) mass is 180 g/mol. The Morgan fingerprint density at radius 3 is 2.62 bits per heavy atom. The van der Waals surface area contributed by atoms with Gasteiger partial charge in [-0.1, -0.05) is 0 Å². The Bertz CT molecular complexity index is 165. The van der Waals surface area contributed by atoms with E-state index < -0.39 is 0 Å². The van der Waals surface area contributed by atoms with Crippen molar-refractivity contribution >= 4 is 0 Å². The lowest BCUT2D eigenvalue weighted by molar-refractivity contribution is 0.249. The molecule has 3 aliphatic rings. The lowest BCUT2D eigenvalue weighted by Crippen LogP contribution is -2.40. The van der Waals surface area contributed by atoms with E-state index in [1.54, 1.807) is 0 Å². The molecule has 1 saturated heterocycles. The third-order valence-corrected chi connectivity index (χ3v) is 3.71. The molecule has 2 nitrogen and oxygen atoms in total. The molecule has 2 aliphatic carbocycles. The van der Waals surface area contributed by atoms with E-state index in [-0.39, 0.29) is 0 Å². The molecule has 2 heteroatoms. The third kappa shape index (κ3) is 1.89. The second kappa shape index (κ2) is 3.25. The summed E-state index contributed by atoms with van der Waals surface area (Å²) < 4.78 is 0. The molecule has 0 spiro atoms. The molecule has 13 heavy (non-hydrogen) atoms. The fourth-order valence-electron chi connectivity index (χ4n) is 2.56. The van der Waals surface area contributed by atoms with Gasteiger partial charge in [0.05, 0.1) is 0 Å². The van der Waals surface area contributed by atoms with E-state index >= 15 is 0 Å². The summed E-state index contributed by atoms with van der Waals surface area (Å²) >= 11 is 0. The van der Waals surface area contributed by atoms with Crippen LogP contribution in [0.3, 0.4) is 0 Å². The van der Waals surface area contributed by atoms with Crippen LogP contribution in [0.4, 0.5) is 0 Å². The van der Waals surface area contributed by atoms with Crippen LogP contribution in [0.5, 0.6) is 0 Å². The van der Waals surface area contributed by atoms with E-state index in [2.05, 4.69) is 10.2 Å². The first-order chi connectivity index (χ1) is 6.43. The van der Waals surface area contributed by atoms with E-state index in [4.69, 9.17) is 0 Å². The minimum Gasteiger partial charge on any atom is -0.312 e. The fraction of sp³-hybridized carbons (Fsp3) is 1.00. The predicted molar refractivity (Wildman–Crippen MR) is 53.7 cm³/mol. The first kappa shape index (κ1) is 8.25. The van der Waals surface area contributed by atoms with Crippen LogP contribution in [0.25, 0.3) is 0 Å². The van der Waals surface area contributed by atoms with Crippen LogP contribution in [0.1, 0.15) is 32.1 Å². The summed E-state index contributed by atoms with van der Waals surface area (Å²) in [5, 5.41) is 3.71. The smallest absolute Gasteiger partial charge is 0.0223 e. The van der Waals surface area contributed by atoms with Crippen molar-refractivity contribution in [2.75, 3.05) is 19.6 Å². The molecular formula is C11H20N2. The van der Waals surface area contributed by atoms with Gasteiger partial charge < -0.3 is 5.32 Å². The van der Waals surface area contributed by atoms with Crippen LogP contribution in [-0.2, 0) is 0 Å². The molecule has 3 fully saturated rings. The summed E-state index contributed by atoms with van der Waals surface area (Å²) in [6.07, 6.45) is 7.26. The van der Waals surface area contributed by atoms with Crippen LogP contribution in [0.2, 0.25) is 0 Å². The van der Waals surface area contributed by atoms with Crippen LogP contribution < -0.4 is 5.32 Å². The number of hydrogen-bond acceptors (Lipinski definition) is 2. The first-order valence-corrected chi connectivity index (χ1v) is 5.91. The maximum Gasteiger partial charge on any atom is 0.0223 e. The summed E-state index contributed by atoms with van der Waals surface area (Å²) in [5.74, 6) is 1.03. The molecule has 0 aromatic rings. The van der Waals surface area contributed by atoms with Crippen molar-refractivity contribution in [2.45, 2.75) is 44.2 Å². The summed E-state index contributed by atoms with van der Waals surface area (Å²) in [7, 11) is 0. The lowest BCUT2D eigenvalue weighted by Gasteiger charge is -2.23. The highest BCUT2D eigenvalue weighted by atomic mass is 15.2. The van der Waals surface area contributed by atoms with E-state index in [9.17, 15) is 0 Å². The molecule has 0 aromatic heterocycles. The summed E-state index contributed by atoms with van der Waals surface area (Å²) in [6, 6.07) is 1.81. The molecular weight excluding hydrogens is 160 g/mol. The molecule has 1 heterocycles. The van der Waals surface area contributed by atoms with Gasteiger partial charge in [-0.05, 0) is 51.1 Å². The van der Waals surface area contributed by atoms with Gasteiger partial charge in [0.25, 0.3) is 0 Å². The maximum atomic E-state index is 3.71. The zero-order valence-electron chi connectivity index (χ0n) is 8.34. The third-order valence-electron chi connectivity index (χ3n) is 3.71. The Kier molecular flexibility index (Phi) is 2.06. The number of hydrogen-bond donors (Lipinski definition) is 1. The van der Waals surface area contributed by atoms with Gasteiger partial charge in [0.1, 0.15) is 0 Å². The summed E-state index contributed by atoms with van der Waals surface area (Å²) in [6.45, 7) is 3.95. The Balaban J connectivity index is 1.61. The average molecular weight is 180 g/mol. The van der Waals surface area contributed by atoms with Gasteiger partial charge in [-0.2, -0.15) is 0 Å². The van der Waals surface area contributed by atoms with Gasteiger partial charge in [-0.3, -0.25) is 4.90 Å². The van der Waals surface area contributed by atoms with Crippen LogP contribution in [-0.4, -0.2) is 36.6 Å². The Hall–Kier alpha value is -0.0800. The molecule has 0 radical (unpaired) electrons. The molecule has 74 valence electrons. The molecule has 1 N–H and O–H groups in total. The first-order valence-electron chi connectivity index (χ1n) is 5.91. The molecule has 2 saturated carbocycles. The van der Waals surface area contributed by atoms with Gasteiger partial charge in [-0.25, -0.2) is 0 Å².